The number of para-hydroxylation sites is 1. The van der Waals surface area contributed by atoms with Crippen LogP contribution in [0.1, 0.15) is 29.7 Å². The highest BCUT2D eigenvalue weighted by atomic mass is 32.2. The molecule has 0 bridgehead atoms. The van der Waals surface area contributed by atoms with Gasteiger partial charge in [-0.3, -0.25) is 9.36 Å². The molecule has 1 heterocycles. The Labute approximate surface area is 170 Å². The fourth-order valence-corrected chi connectivity index (χ4v) is 3.87. The summed E-state index contributed by atoms with van der Waals surface area (Å²) < 4.78 is 7.44. The van der Waals surface area contributed by atoms with Gasteiger partial charge >= 0.3 is 0 Å². The first-order valence-electron chi connectivity index (χ1n) is 9.15. The van der Waals surface area contributed by atoms with Crippen LogP contribution in [-0.2, 0) is 4.79 Å². The van der Waals surface area contributed by atoms with Gasteiger partial charge in [0.15, 0.2) is 5.16 Å². The van der Waals surface area contributed by atoms with Crippen LogP contribution in [0, 0.1) is 13.8 Å². The predicted octanol–water partition coefficient (Wildman–Crippen LogP) is 4.47. The van der Waals surface area contributed by atoms with E-state index in [1.165, 1.54) is 11.8 Å². The number of aromatic nitrogens is 2. The van der Waals surface area contributed by atoms with Crippen LogP contribution in [0.4, 0.5) is 0 Å². The van der Waals surface area contributed by atoms with E-state index in [1.807, 2.05) is 61.0 Å². The zero-order chi connectivity index (χ0) is 20.1. The molecule has 1 N–H and O–H groups in total. The van der Waals surface area contributed by atoms with Gasteiger partial charge in [0.1, 0.15) is 5.75 Å². The molecule has 0 fully saturated rings. The van der Waals surface area contributed by atoms with E-state index in [0.29, 0.717) is 5.75 Å². The van der Waals surface area contributed by atoms with Crippen LogP contribution in [0.15, 0.2) is 60.0 Å². The van der Waals surface area contributed by atoms with Gasteiger partial charge in [-0.15, -0.1) is 0 Å². The second-order valence-electron chi connectivity index (χ2n) is 6.69. The van der Waals surface area contributed by atoms with E-state index in [9.17, 15) is 4.79 Å². The summed E-state index contributed by atoms with van der Waals surface area (Å²) in [6.07, 6.45) is 3.68. The van der Waals surface area contributed by atoms with Crippen molar-refractivity contribution in [3.8, 4) is 11.4 Å². The smallest absolute Gasteiger partial charge is 0.230 e. The highest BCUT2D eigenvalue weighted by Crippen LogP contribution is 2.27. The number of nitrogens with one attached hydrogen (secondary N) is 1. The molecule has 1 unspecified atom stereocenters. The third-order valence-electron chi connectivity index (χ3n) is 4.54. The highest BCUT2D eigenvalue weighted by Gasteiger charge is 2.16. The lowest BCUT2D eigenvalue weighted by Gasteiger charge is -2.18. The number of carbonyl (C=O) groups excluding carboxylic acids is 1. The molecule has 3 aromatic rings. The molecule has 0 spiro atoms. The standard InChI is InChI=1S/C22H25N3O2S/c1-15-9-10-20(27-4)18(13-15)17(3)24-21(26)14-28-22-23-11-12-25(22)19-8-6-5-7-16(19)2/h5-13,17H,14H2,1-4H3,(H,24,26). The second kappa shape index (κ2) is 8.97. The van der Waals surface area contributed by atoms with E-state index < -0.39 is 0 Å². The number of hydrogen-bond acceptors (Lipinski definition) is 4. The molecule has 0 saturated heterocycles. The first kappa shape index (κ1) is 20.0. The summed E-state index contributed by atoms with van der Waals surface area (Å²) in [5.41, 5.74) is 4.33. The van der Waals surface area contributed by atoms with Crippen LogP contribution in [0.3, 0.4) is 0 Å². The van der Waals surface area contributed by atoms with Gasteiger partial charge in [-0.1, -0.05) is 47.7 Å². The zero-order valence-corrected chi connectivity index (χ0v) is 17.4. The van der Waals surface area contributed by atoms with Gasteiger partial charge < -0.3 is 10.1 Å². The molecule has 0 saturated carbocycles. The third kappa shape index (κ3) is 4.57. The lowest BCUT2D eigenvalue weighted by molar-refractivity contribution is -0.119. The Hall–Kier alpha value is -2.73. The summed E-state index contributed by atoms with van der Waals surface area (Å²) in [6.45, 7) is 6.06. The van der Waals surface area contributed by atoms with Crippen LogP contribution in [-0.4, -0.2) is 28.3 Å². The fraction of sp³-hybridized carbons (Fsp3) is 0.273. The van der Waals surface area contributed by atoms with Crippen LogP contribution in [0.5, 0.6) is 5.75 Å². The van der Waals surface area contributed by atoms with E-state index in [0.717, 1.165) is 33.3 Å². The van der Waals surface area contributed by atoms with Gasteiger partial charge in [0, 0.05) is 18.0 Å². The number of benzene rings is 2. The number of ether oxygens (including phenoxy) is 1. The molecule has 2 aromatic carbocycles. The summed E-state index contributed by atoms with van der Waals surface area (Å²) in [5, 5.41) is 3.85. The van der Waals surface area contributed by atoms with E-state index in [4.69, 9.17) is 4.74 Å². The largest absolute Gasteiger partial charge is 0.496 e. The maximum Gasteiger partial charge on any atom is 0.230 e. The van der Waals surface area contributed by atoms with Gasteiger partial charge in [-0.2, -0.15) is 0 Å². The van der Waals surface area contributed by atoms with Crippen molar-refractivity contribution >= 4 is 17.7 Å². The summed E-state index contributed by atoms with van der Waals surface area (Å²) in [4.78, 5) is 16.9. The van der Waals surface area contributed by atoms with Gasteiger partial charge in [0.25, 0.3) is 0 Å². The second-order valence-corrected chi connectivity index (χ2v) is 7.63. The van der Waals surface area contributed by atoms with E-state index in [1.54, 1.807) is 13.3 Å². The Bertz CT molecular complexity index is 968. The first-order chi connectivity index (χ1) is 13.5. The van der Waals surface area contributed by atoms with Gasteiger partial charge in [-0.05, 0) is 38.5 Å². The molecule has 0 aliphatic rings. The van der Waals surface area contributed by atoms with Crippen LogP contribution in [0.2, 0.25) is 0 Å². The molecule has 28 heavy (non-hydrogen) atoms. The van der Waals surface area contributed by atoms with Crippen molar-refractivity contribution < 1.29 is 9.53 Å². The zero-order valence-electron chi connectivity index (χ0n) is 16.6. The molecular formula is C22H25N3O2S. The number of hydrogen-bond donors (Lipinski definition) is 1. The summed E-state index contributed by atoms with van der Waals surface area (Å²) in [7, 11) is 1.64. The number of methoxy groups -OCH3 is 1. The number of imidazole rings is 1. The van der Waals surface area contributed by atoms with Crippen molar-refractivity contribution in [1.82, 2.24) is 14.9 Å². The third-order valence-corrected chi connectivity index (χ3v) is 5.51. The highest BCUT2D eigenvalue weighted by molar-refractivity contribution is 7.99. The van der Waals surface area contributed by atoms with E-state index in [-0.39, 0.29) is 11.9 Å². The van der Waals surface area contributed by atoms with E-state index >= 15 is 0 Å². The van der Waals surface area contributed by atoms with Crippen molar-refractivity contribution in [2.24, 2.45) is 0 Å². The quantitative estimate of drug-likeness (QED) is 0.600. The minimum Gasteiger partial charge on any atom is -0.496 e. The number of thioether (sulfide) groups is 1. The lowest BCUT2D eigenvalue weighted by Crippen LogP contribution is -2.28. The van der Waals surface area contributed by atoms with Crippen molar-refractivity contribution in [3.63, 3.8) is 0 Å². The normalized spacial score (nSPS) is 11.9. The number of aryl methyl sites for hydroxylation is 2. The fourth-order valence-electron chi connectivity index (χ4n) is 3.10. The van der Waals surface area contributed by atoms with Crippen molar-refractivity contribution in [3.05, 3.63) is 71.5 Å². The summed E-state index contributed by atoms with van der Waals surface area (Å²) >= 11 is 1.42. The Morgan fingerprint density at radius 1 is 1.25 bits per heavy atom. The molecule has 0 aliphatic carbocycles. The molecule has 0 aliphatic heterocycles. The van der Waals surface area contributed by atoms with E-state index in [2.05, 4.69) is 23.3 Å². The minimum atomic E-state index is -0.140. The predicted molar refractivity (Wildman–Crippen MR) is 113 cm³/mol. The van der Waals surface area contributed by atoms with Crippen LogP contribution in [0.25, 0.3) is 5.69 Å². The first-order valence-corrected chi connectivity index (χ1v) is 10.1. The SMILES string of the molecule is COc1ccc(C)cc1C(C)NC(=O)CSc1nccn1-c1ccccc1C. The molecule has 5 nitrogen and oxygen atoms in total. The summed E-state index contributed by atoms with van der Waals surface area (Å²) in [5.74, 6) is 1.03. The Balaban J connectivity index is 1.65. The molecule has 1 amide bonds. The number of amides is 1. The average molecular weight is 396 g/mol. The molecule has 3 rings (SSSR count). The lowest BCUT2D eigenvalue weighted by atomic mass is 10.0. The Morgan fingerprint density at radius 3 is 2.79 bits per heavy atom. The maximum absolute atomic E-state index is 12.5. The number of rotatable bonds is 7. The maximum atomic E-state index is 12.5. The van der Waals surface area contributed by atoms with Crippen molar-refractivity contribution in [1.29, 1.82) is 0 Å². The topological polar surface area (TPSA) is 56.1 Å². The molecule has 146 valence electrons. The molecule has 6 heteroatoms. The number of nitrogens with zero attached hydrogens (tertiary/aromatic N) is 2. The summed E-state index contributed by atoms with van der Waals surface area (Å²) in [6, 6.07) is 14.0. The van der Waals surface area contributed by atoms with Gasteiger partial charge in [-0.25, -0.2) is 4.98 Å². The van der Waals surface area contributed by atoms with Crippen molar-refractivity contribution in [2.75, 3.05) is 12.9 Å². The Morgan fingerprint density at radius 2 is 2.04 bits per heavy atom. The molecule has 0 radical (unpaired) electrons. The average Bonchev–Trinajstić information content (AvgIpc) is 3.15. The van der Waals surface area contributed by atoms with Crippen LogP contribution < -0.4 is 10.1 Å². The van der Waals surface area contributed by atoms with Gasteiger partial charge in [0.05, 0.1) is 24.6 Å². The monoisotopic (exact) mass is 395 g/mol. The molecular weight excluding hydrogens is 370 g/mol. The minimum absolute atomic E-state index is 0.0413. The molecule has 1 aromatic heterocycles. The van der Waals surface area contributed by atoms with Crippen LogP contribution >= 0.6 is 11.8 Å². The molecule has 1 atom stereocenters. The van der Waals surface area contributed by atoms with Gasteiger partial charge in [0.2, 0.25) is 5.91 Å². The number of carbonyl (C=O) groups is 1. The Kier molecular flexibility index (Phi) is 6.41. The van der Waals surface area contributed by atoms with Crippen molar-refractivity contribution in [2.45, 2.75) is 32.0 Å².